The molecular weight excluding hydrogens is 548 g/mol. The Hall–Kier alpha value is -4.14. The Balaban J connectivity index is 0.00000308. The minimum absolute atomic E-state index is 0. The largest absolute Gasteiger partial charge is 0.482 e. The molecule has 0 aliphatic carbocycles. The van der Waals surface area contributed by atoms with Crippen molar-refractivity contribution in [1.82, 2.24) is 29.0 Å². The topological polar surface area (TPSA) is 157 Å². The second-order valence-corrected chi connectivity index (χ2v) is 9.76. The number of anilines is 2. The molecule has 1 saturated heterocycles. The van der Waals surface area contributed by atoms with Crippen molar-refractivity contribution >= 4 is 57.3 Å². The van der Waals surface area contributed by atoms with Gasteiger partial charge in [0.1, 0.15) is 10.4 Å². The summed E-state index contributed by atoms with van der Waals surface area (Å²) in [5.41, 5.74) is 8.21. The van der Waals surface area contributed by atoms with E-state index in [-0.39, 0.29) is 29.8 Å². The highest BCUT2D eigenvalue weighted by Gasteiger charge is 2.21. The molecule has 0 unspecified atom stereocenters. The van der Waals surface area contributed by atoms with Gasteiger partial charge < -0.3 is 24.9 Å². The van der Waals surface area contributed by atoms with Crippen LogP contribution in [0.2, 0.25) is 0 Å². The predicted octanol–water partition coefficient (Wildman–Crippen LogP) is 2.05. The summed E-state index contributed by atoms with van der Waals surface area (Å²) >= 11 is 1.08. The second kappa shape index (κ2) is 10.9. The van der Waals surface area contributed by atoms with Crippen LogP contribution in [0.5, 0.6) is 5.75 Å². The Kier molecular flexibility index (Phi) is 7.41. The summed E-state index contributed by atoms with van der Waals surface area (Å²) in [5.74, 6) is 0.557. The average molecular weight is 573 g/mol. The molecule has 0 radical (unpaired) electrons. The molecule has 4 aromatic heterocycles. The van der Waals surface area contributed by atoms with Crippen LogP contribution in [0.1, 0.15) is 0 Å². The third-order valence-electron chi connectivity index (χ3n) is 6.43. The zero-order valence-electron chi connectivity index (χ0n) is 20.6. The zero-order chi connectivity index (χ0) is 26.2. The number of thiazole rings is 1. The Morgan fingerprint density at radius 3 is 2.54 bits per heavy atom. The van der Waals surface area contributed by atoms with Gasteiger partial charge in [0.25, 0.3) is 0 Å². The maximum Gasteiger partial charge on any atom is 0.341 e. The quantitative estimate of drug-likeness (QED) is 0.280. The van der Waals surface area contributed by atoms with Crippen LogP contribution in [0.4, 0.5) is 11.6 Å². The Morgan fingerprint density at radius 2 is 1.85 bits per heavy atom. The van der Waals surface area contributed by atoms with Crippen LogP contribution < -0.4 is 20.2 Å². The van der Waals surface area contributed by atoms with Crippen LogP contribution in [0.3, 0.4) is 0 Å². The van der Waals surface area contributed by atoms with Crippen LogP contribution in [-0.4, -0.2) is 79.5 Å². The van der Waals surface area contributed by atoms with Crippen molar-refractivity contribution in [2.24, 2.45) is 0 Å². The van der Waals surface area contributed by atoms with Gasteiger partial charge >= 0.3 is 10.8 Å². The number of carboxylic acid groups (broad SMARTS) is 1. The maximum atomic E-state index is 12.9. The van der Waals surface area contributed by atoms with Crippen molar-refractivity contribution in [2.45, 2.75) is 6.54 Å². The van der Waals surface area contributed by atoms with Gasteiger partial charge in [0.05, 0.1) is 6.26 Å². The molecule has 39 heavy (non-hydrogen) atoms. The van der Waals surface area contributed by atoms with Crippen molar-refractivity contribution in [2.75, 3.05) is 50.0 Å². The summed E-state index contributed by atoms with van der Waals surface area (Å²) in [6.45, 7) is 4.15. The minimum Gasteiger partial charge on any atom is -0.482 e. The standard InChI is InChI=1S/C24H24N8O5S.ClH/c25-23-27-21-19(22-26-20(28-32(22)23)17-2-1-13-36-17)38-24(35)31(21)12-9-29-7-10-30(11-8-29)15-3-5-16(6-4-15)37-14-18(33)34;/h1-6,13H,7-12,14H2,(H2,25,27)(H,33,34);1H. The number of halogens is 1. The molecule has 1 aliphatic rings. The number of piperazine rings is 1. The number of fused-ring (bicyclic) bond motifs is 3. The lowest BCUT2D eigenvalue weighted by molar-refractivity contribution is -0.139. The minimum atomic E-state index is -1.01. The van der Waals surface area contributed by atoms with Gasteiger partial charge in [-0.2, -0.15) is 9.50 Å². The molecule has 13 nitrogen and oxygen atoms in total. The summed E-state index contributed by atoms with van der Waals surface area (Å²) in [6, 6.07) is 10.9. The first-order valence-electron chi connectivity index (χ1n) is 12.0. The fourth-order valence-corrected chi connectivity index (χ4v) is 5.44. The highest BCUT2D eigenvalue weighted by molar-refractivity contribution is 7.17. The van der Waals surface area contributed by atoms with Crippen molar-refractivity contribution in [3.63, 3.8) is 0 Å². The number of benzene rings is 1. The molecule has 204 valence electrons. The molecule has 3 N–H and O–H groups in total. The van der Waals surface area contributed by atoms with Crippen molar-refractivity contribution in [1.29, 1.82) is 0 Å². The van der Waals surface area contributed by atoms with Gasteiger partial charge in [0, 0.05) is 45.0 Å². The molecule has 1 aromatic carbocycles. The van der Waals surface area contributed by atoms with Gasteiger partial charge in [-0.15, -0.1) is 17.5 Å². The highest BCUT2D eigenvalue weighted by Crippen LogP contribution is 2.26. The number of nitrogens with two attached hydrogens (primary N) is 1. The lowest BCUT2D eigenvalue weighted by atomic mass is 10.2. The number of carbonyl (C=O) groups is 1. The second-order valence-electron chi connectivity index (χ2n) is 8.80. The lowest BCUT2D eigenvalue weighted by Gasteiger charge is -2.36. The molecule has 1 fully saturated rings. The number of hydrogen-bond acceptors (Lipinski definition) is 11. The van der Waals surface area contributed by atoms with Crippen molar-refractivity contribution in [3.8, 4) is 17.3 Å². The molecule has 0 bridgehead atoms. The smallest absolute Gasteiger partial charge is 0.341 e. The first-order valence-corrected chi connectivity index (χ1v) is 12.8. The first kappa shape index (κ1) is 26.5. The van der Waals surface area contributed by atoms with E-state index in [0.29, 0.717) is 46.4 Å². The van der Waals surface area contributed by atoms with Gasteiger partial charge in [-0.3, -0.25) is 14.3 Å². The SMILES string of the molecule is Cl.Nc1nc2c(sc(=O)n2CCN2CCN(c3ccc(OCC(=O)O)cc3)CC2)c2nc(-c3ccco3)nn12. The highest BCUT2D eigenvalue weighted by atomic mass is 35.5. The van der Waals surface area contributed by atoms with Crippen LogP contribution in [0, 0.1) is 0 Å². The van der Waals surface area contributed by atoms with Gasteiger partial charge in [0.2, 0.25) is 11.8 Å². The van der Waals surface area contributed by atoms with E-state index in [4.69, 9.17) is 20.0 Å². The molecule has 0 atom stereocenters. The number of nitrogens with zero attached hydrogens (tertiary/aromatic N) is 7. The van der Waals surface area contributed by atoms with Gasteiger partial charge in [-0.05, 0) is 36.4 Å². The van der Waals surface area contributed by atoms with E-state index in [2.05, 4.69) is 24.9 Å². The number of aromatic nitrogens is 5. The third-order valence-corrected chi connectivity index (χ3v) is 7.40. The Labute approximate surface area is 231 Å². The molecule has 5 heterocycles. The van der Waals surface area contributed by atoms with Crippen LogP contribution in [0.25, 0.3) is 27.6 Å². The molecule has 5 aromatic rings. The number of furan rings is 1. The van der Waals surface area contributed by atoms with E-state index in [1.54, 1.807) is 35.1 Å². The molecule has 6 rings (SSSR count). The molecule has 1 aliphatic heterocycles. The summed E-state index contributed by atoms with van der Waals surface area (Å²) < 4.78 is 14.3. The lowest BCUT2D eigenvalue weighted by Crippen LogP contribution is -2.47. The number of hydrogen-bond donors (Lipinski definition) is 2. The number of rotatable bonds is 8. The van der Waals surface area contributed by atoms with Crippen LogP contribution >= 0.6 is 23.7 Å². The van der Waals surface area contributed by atoms with Crippen LogP contribution in [-0.2, 0) is 11.3 Å². The molecule has 0 amide bonds. The molecule has 0 saturated carbocycles. The van der Waals surface area contributed by atoms with E-state index < -0.39 is 5.97 Å². The van der Waals surface area contributed by atoms with Crippen molar-refractivity contribution in [3.05, 3.63) is 52.3 Å². The van der Waals surface area contributed by atoms with Gasteiger partial charge in [-0.1, -0.05) is 11.3 Å². The first-order chi connectivity index (χ1) is 18.5. The fraction of sp³-hybridized carbons (Fsp3) is 0.292. The van der Waals surface area contributed by atoms with E-state index in [1.165, 1.54) is 4.52 Å². The van der Waals surface area contributed by atoms with E-state index in [1.807, 2.05) is 12.1 Å². The third kappa shape index (κ3) is 5.26. The van der Waals surface area contributed by atoms with Gasteiger partial charge in [0.15, 0.2) is 23.7 Å². The van der Waals surface area contributed by atoms with Gasteiger partial charge in [-0.25, -0.2) is 9.78 Å². The number of nitrogen functional groups attached to an aromatic ring is 1. The van der Waals surface area contributed by atoms with E-state index in [9.17, 15) is 9.59 Å². The summed E-state index contributed by atoms with van der Waals surface area (Å²) in [4.78, 5) is 37.1. The van der Waals surface area contributed by atoms with Crippen LogP contribution in [0.15, 0.2) is 51.9 Å². The average Bonchev–Trinajstić information content (AvgIpc) is 3.66. The van der Waals surface area contributed by atoms with E-state index >= 15 is 0 Å². The van der Waals surface area contributed by atoms with E-state index in [0.717, 1.165) is 43.2 Å². The van der Waals surface area contributed by atoms with Crippen molar-refractivity contribution < 1.29 is 19.1 Å². The summed E-state index contributed by atoms with van der Waals surface area (Å²) in [6.07, 6.45) is 1.54. The monoisotopic (exact) mass is 572 g/mol. The predicted molar refractivity (Wildman–Crippen MR) is 148 cm³/mol. The molecule has 15 heteroatoms. The Morgan fingerprint density at radius 1 is 1.08 bits per heavy atom. The maximum absolute atomic E-state index is 12.9. The molecular formula is C24H25ClN8O5S. The number of carboxylic acids is 1. The molecule has 0 spiro atoms. The number of aliphatic carboxylic acids is 1. The zero-order valence-corrected chi connectivity index (χ0v) is 22.2. The fourth-order valence-electron chi connectivity index (χ4n) is 4.51. The summed E-state index contributed by atoms with van der Waals surface area (Å²) in [5, 5.41) is 13.1. The number of ether oxygens (including phenoxy) is 1. The summed E-state index contributed by atoms with van der Waals surface area (Å²) in [7, 11) is 0. The Bertz CT molecular complexity index is 1660. The normalized spacial score (nSPS) is 14.1.